The number of benzene rings is 5. The number of fused-ring (bicyclic) bond motifs is 1. The summed E-state index contributed by atoms with van der Waals surface area (Å²) in [6, 6.07) is 40.1. The molecular formula is C34H31NO. The smallest absolute Gasteiger partial charge is 0.234 e. The molecule has 5 rings (SSSR count). The van der Waals surface area contributed by atoms with Crippen molar-refractivity contribution in [3.8, 4) is 22.3 Å². The van der Waals surface area contributed by atoms with Crippen LogP contribution in [0.5, 0.6) is 0 Å². The molecule has 0 spiro atoms. The number of hydrogen-bond donors (Lipinski definition) is 0. The molecule has 1 atom stereocenters. The van der Waals surface area contributed by atoms with Gasteiger partial charge in [-0.2, -0.15) is 0 Å². The lowest BCUT2D eigenvalue weighted by atomic mass is 9.92. The van der Waals surface area contributed by atoms with E-state index in [1.807, 2.05) is 49.5 Å². The quantitative estimate of drug-likeness (QED) is 0.244. The van der Waals surface area contributed by atoms with E-state index in [-0.39, 0.29) is 11.8 Å². The molecule has 0 bridgehead atoms. The topological polar surface area (TPSA) is 20.3 Å². The summed E-state index contributed by atoms with van der Waals surface area (Å²) in [6.45, 7) is 4.21. The van der Waals surface area contributed by atoms with Crippen LogP contribution in [-0.2, 0) is 4.79 Å². The average molecular weight is 470 g/mol. The summed E-state index contributed by atoms with van der Waals surface area (Å²) in [4.78, 5) is 15.1. The Kier molecular flexibility index (Phi) is 6.69. The highest BCUT2D eigenvalue weighted by molar-refractivity contribution is 6.01. The molecule has 0 saturated carbocycles. The molecule has 0 aromatic heterocycles. The molecule has 1 amide bonds. The monoisotopic (exact) mass is 469 g/mol. The Balaban J connectivity index is 1.48. The van der Waals surface area contributed by atoms with E-state index in [9.17, 15) is 4.79 Å². The van der Waals surface area contributed by atoms with Gasteiger partial charge < -0.3 is 4.90 Å². The van der Waals surface area contributed by atoms with Crippen LogP contribution in [0.1, 0.15) is 30.4 Å². The molecule has 5 aromatic carbocycles. The molecular weight excluding hydrogens is 438 g/mol. The molecule has 2 heteroatoms. The summed E-state index contributed by atoms with van der Waals surface area (Å²) in [7, 11) is 1.87. The number of rotatable bonds is 6. The second-order valence-electron chi connectivity index (χ2n) is 9.43. The number of carbonyl (C=O) groups excluding carboxylic acids is 1. The van der Waals surface area contributed by atoms with Crippen molar-refractivity contribution in [3.05, 3.63) is 126 Å². The Morgan fingerprint density at radius 2 is 1.39 bits per heavy atom. The third-order valence-corrected chi connectivity index (χ3v) is 7.02. The second kappa shape index (κ2) is 10.2. The first-order valence-corrected chi connectivity index (χ1v) is 12.6. The van der Waals surface area contributed by atoms with Crippen molar-refractivity contribution >= 4 is 22.4 Å². The molecule has 0 heterocycles. The van der Waals surface area contributed by atoms with E-state index in [2.05, 4.69) is 86.6 Å². The van der Waals surface area contributed by atoms with Crippen LogP contribution >= 0.6 is 0 Å². The molecule has 5 aromatic rings. The highest BCUT2D eigenvalue weighted by Crippen LogP contribution is 2.35. The maximum absolute atomic E-state index is 13.3. The number of amides is 1. The fourth-order valence-electron chi connectivity index (χ4n) is 4.97. The maximum atomic E-state index is 13.3. The van der Waals surface area contributed by atoms with Crippen molar-refractivity contribution in [2.45, 2.75) is 26.2 Å². The molecule has 0 aliphatic heterocycles. The molecule has 0 saturated heterocycles. The lowest BCUT2D eigenvalue weighted by Crippen LogP contribution is -2.31. The number of hydrogen-bond acceptors (Lipinski definition) is 1. The minimum absolute atomic E-state index is 0.115. The van der Waals surface area contributed by atoms with Gasteiger partial charge in [-0.15, -0.1) is 0 Å². The lowest BCUT2D eigenvalue weighted by molar-refractivity contribution is -0.119. The SMILES string of the molecule is CCC(C(=O)N(C)c1ccc(-c2cc(-c3ccccc3)c3cc(C)ccc3c2)cc1)c1ccccc1. The van der Waals surface area contributed by atoms with Gasteiger partial charge in [0.1, 0.15) is 0 Å². The van der Waals surface area contributed by atoms with Crippen LogP contribution in [0.3, 0.4) is 0 Å². The molecule has 2 nitrogen and oxygen atoms in total. The highest BCUT2D eigenvalue weighted by atomic mass is 16.2. The zero-order valence-corrected chi connectivity index (χ0v) is 21.1. The largest absolute Gasteiger partial charge is 0.315 e. The molecule has 0 fully saturated rings. The van der Waals surface area contributed by atoms with Crippen LogP contribution in [0.2, 0.25) is 0 Å². The Morgan fingerprint density at radius 1 is 0.722 bits per heavy atom. The third kappa shape index (κ3) is 4.67. The van der Waals surface area contributed by atoms with Crippen molar-refractivity contribution in [2.24, 2.45) is 0 Å². The number of nitrogens with zero attached hydrogens (tertiary/aromatic N) is 1. The summed E-state index contributed by atoms with van der Waals surface area (Å²) >= 11 is 0. The van der Waals surface area contributed by atoms with Crippen molar-refractivity contribution < 1.29 is 4.79 Å². The molecule has 0 aliphatic rings. The molecule has 1 unspecified atom stereocenters. The number of likely N-dealkylation sites (N-methyl/N-ethyl adjacent to an activating group) is 1. The zero-order valence-electron chi connectivity index (χ0n) is 21.1. The second-order valence-corrected chi connectivity index (χ2v) is 9.43. The van der Waals surface area contributed by atoms with E-state index in [0.717, 1.165) is 23.2 Å². The lowest BCUT2D eigenvalue weighted by Gasteiger charge is -2.24. The van der Waals surface area contributed by atoms with Crippen molar-refractivity contribution in [3.63, 3.8) is 0 Å². The van der Waals surface area contributed by atoms with Crippen LogP contribution in [0, 0.1) is 6.92 Å². The number of aryl methyl sites for hydroxylation is 1. The van der Waals surface area contributed by atoms with Gasteiger partial charge in [-0.1, -0.05) is 103 Å². The molecule has 0 radical (unpaired) electrons. The summed E-state index contributed by atoms with van der Waals surface area (Å²) in [5.41, 5.74) is 7.97. The van der Waals surface area contributed by atoms with Gasteiger partial charge in [0.2, 0.25) is 5.91 Å². The molecule has 178 valence electrons. The minimum atomic E-state index is -0.145. The molecule has 0 N–H and O–H groups in total. The predicted molar refractivity (Wildman–Crippen MR) is 152 cm³/mol. The van der Waals surface area contributed by atoms with Gasteiger partial charge in [0.25, 0.3) is 0 Å². The first-order valence-electron chi connectivity index (χ1n) is 12.6. The minimum Gasteiger partial charge on any atom is -0.315 e. The first kappa shape index (κ1) is 23.6. The molecule has 0 aliphatic carbocycles. The summed E-state index contributed by atoms with van der Waals surface area (Å²) in [5.74, 6) is -0.0304. The summed E-state index contributed by atoms with van der Waals surface area (Å²) in [6.07, 6.45) is 0.768. The Labute approximate surface area is 213 Å². The Bertz CT molecular complexity index is 1490. The average Bonchev–Trinajstić information content (AvgIpc) is 2.93. The van der Waals surface area contributed by atoms with Gasteiger partial charge in [-0.05, 0) is 76.2 Å². The van der Waals surface area contributed by atoms with Gasteiger partial charge in [-0.25, -0.2) is 0 Å². The normalized spacial score (nSPS) is 11.9. The van der Waals surface area contributed by atoms with E-state index < -0.39 is 0 Å². The van der Waals surface area contributed by atoms with Crippen LogP contribution in [0.4, 0.5) is 5.69 Å². The first-order chi connectivity index (χ1) is 17.5. The maximum Gasteiger partial charge on any atom is 0.234 e. The van der Waals surface area contributed by atoms with Crippen molar-refractivity contribution in [2.75, 3.05) is 11.9 Å². The third-order valence-electron chi connectivity index (χ3n) is 7.02. The number of anilines is 1. The van der Waals surface area contributed by atoms with Crippen molar-refractivity contribution in [1.29, 1.82) is 0 Å². The summed E-state index contributed by atoms with van der Waals surface area (Å²) < 4.78 is 0. The van der Waals surface area contributed by atoms with Crippen LogP contribution in [0.25, 0.3) is 33.0 Å². The fraction of sp³-hybridized carbons (Fsp3) is 0.147. The highest BCUT2D eigenvalue weighted by Gasteiger charge is 2.23. The van der Waals surface area contributed by atoms with Gasteiger partial charge in [0, 0.05) is 12.7 Å². The summed E-state index contributed by atoms with van der Waals surface area (Å²) in [5, 5.41) is 2.49. The fourth-order valence-corrected chi connectivity index (χ4v) is 4.97. The van der Waals surface area contributed by atoms with Crippen LogP contribution in [0.15, 0.2) is 115 Å². The Hall–Kier alpha value is -4.17. The Morgan fingerprint density at radius 3 is 2.06 bits per heavy atom. The van der Waals surface area contributed by atoms with E-state index in [0.29, 0.717) is 0 Å². The van der Waals surface area contributed by atoms with Gasteiger partial charge in [0.15, 0.2) is 0 Å². The van der Waals surface area contributed by atoms with Crippen LogP contribution in [-0.4, -0.2) is 13.0 Å². The van der Waals surface area contributed by atoms with E-state index in [1.54, 1.807) is 4.90 Å². The van der Waals surface area contributed by atoms with Gasteiger partial charge in [-0.3, -0.25) is 4.79 Å². The van der Waals surface area contributed by atoms with E-state index in [1.165, 1.54) is 33.0 Å². The van der Waals surface area contributed by atoms with Gasteiger partial charge in [0.05, 0.1) is 5.92 Å². The predicted octanol–water partition coefficient (Wildman–Crippen LogP) is 8.64. The number of carbonyl (C=O) groups is 1. The van der Waals surface area contributed by atoms with E-state index in [4.69, 9.17) is 0 Å². The van der Waals surface area contributed by atoms with E-state index >= 15 is 0 Å². The molecule has 36 heavy (non-hydrogen) atoms. The van der Waals surface area contributed by atoms with Crippen LogP contribution < -0.4 is 4.90 Å². The standard InChI is InChI=1S/C34H31NO/c1-4-31(26-11-7-5-8-12-26)34(36)35(3)30-19-17-25(18-20-30)29-22-28-16-15-24(2)21-32(28)33(23-29)27-13-9-6-10-14-27/h5-23,31H,4H2,1-3H3. The van der Waals surface area contributed by atoms with Gasteiger partial charge >= 0.3 is 0 Å². The zero-order chi connectivity index (χ0) is 25.1. The van der Waals surface area contributed by atoms with Crippen molar-refractivity contribution in [1.82, 2.24) is 0 Å².